The van der Waals surface area contributed by atoms with Crippen molar-refractivity contribution in [2.45, 2.75) is 58.2 Å². The molecule has 8 nitrogen and oxygen atoms in total. The fraction of sp³-hybridized carbons (Fsp3) is 0.407. The standard InChI is InChI=1S/C27H31N7O/c1-4-33-19(3)22(16-29-33)18(2)30-26(35)32-11-9-27(17-32)10-12-34-25(27)14-24(31-34)21-13-20-7-5-6-8-23(20)28-15-21/h5-8,13-16,18H,4,9-12,17H2,1-3H3,(H,30,35). The molecule has 4 aromatic rings. The summed E-state index contributed by atoms with van der Waals surface area (Å²) in [5, 5.41) is 13.7. The molecule has 0 aliphatic carbocycles. The highest BCUT2D eigenvalue weighted by Gasteiger charge is 2.47. The fourth-order valence-corrected chi connectivity index (χ4v) is 5.83. The lowest BCUT2D eigenvalue weighted by Crippen LogP contribution is -2.41. The monoisotopic (exact) mass is 469 g/mol. The number of urea groups is 1. The van der Waals surface area contributed by atoms with Crippen molar-refractivity contribution in [3.8, 4) is 11.3 Å². The maximum absolute atomic E-state index is 13.2. The number of carbonyl (C=O) groups excluding carboxylic acids is 1. The van der Waals surface area contributed by atoms with Crippen LogP contribution in [0.5, 0.6) is 0 Å². The summed E-state index contributed by atoms with van der Waals surface area (Å²) in [6.07, 6.45) is 5.76. The minimum Gasteiger partial charge on any atom is -0.331 e. The van der Waals surface area contributed by atoms with E-state index in [4.69, 9.17) is 5.10 Å². The van der Waals surface area contributed by atoms with Gasteiger partial charge in [0.15, 0.2) is 0 Å². The molecule has 0 bridgehead atoms. The van der Waals surface area contributed by atoms with E-state index in [-0.39, 0.29) is 17.5 Å². The Morgan fingerprint density at radius 3 is 2.83 bits per heavy atom. The van der Waals surface area contributed by atoms with Crippen LogP contribution in [-0.4, -0.2) is 48.6 Å². The molecule has 2 unspecified atom stereocenters. The highest BCUT2D eigenvalue weighted by molar-refractivity contribution is 5.83. The molecular weight excluding hydrogens is 438 g/mol. The Kier molecular flexibility index (Phi) is 5.12. The topological polar surface area (TPSA) is 80.9 Å². The molecular formula is C27H31N7O. The molecule has 35 heavy (non-hydrogen) atoms. The van der Waals surface area contributed by atoms with Gasteiger partial charge in [0.1, 0.15) is 0 Å². The number of likely N-dealkylation sites (tertiary alicyclic amines) is 1. The molecule has 1 spiro atoms. The van der Waals surface area contributed by atoms with Gasteiger partial charge in [0, 0.05) is 65.7 Å². The zero-order chi connectivity index (χ0) is 24.2. The number of fused-ring (bicyclic) bond motifs is 3. The number of nitrogens with zero attached hydrogens (tertiary/aromatic N) is 6. The molecule has 180 valence electrons. The summed E-state index contributed by atoms with van der Waals surface area (Å²) in [4.78, 5) is 19.8. The Morgan fingerprint density at radius 2 is 2.00 bits per heavy atom. The zero-order valence-electron chi connectivity index (χ0n) is 20.5. The van der Waals surface area contributed by atoms with Crippen LogP contribution in [0.4, 0.5) is 4.79 Å². The number of carbonyl (C=O) groups is 1. The second kappa shape index (κ2) is 8.22. The van der Waals surface area contributed by atoms with Crippen molar-refractivity contribution in [2.75, 3.05) is 13.1 Å². The van der Waals surface area contributed by atoms with E-state index >= 15 is 0 Å². The third-order valence-electron chi connectivity index (χ3n) is 7.90. The Bertz CT molecular complexity index is 1420. The summed E-state index contributed by atoms with van der Waals surface area (Å²) in [5.74, 6) is 0. The van der Waals surface area contributed by atoms with E-state index in [2.05, 4.69) is 52.1 Å². The number of amides is 2. The largest absolute Gasteiger partial charge is 0.331 e. The van der Waals surface area contributed by atoms with Crippen LogP contribution < -0.4 is 5.32 Å². The predicted molar refractivity (Wildman–Crippen MR) is 135 cm³/mol. The molecule has 2 amide bonds. The molecule has 2 aliphatic rings. The van der Waals surface area contributed by atoms with Crippen molar-refractivity contribution < 1.29 is 4.79 Å². The molecule has 1 fully saturated rings. The van der Waals surface area contributed by atoms with Crippen LogP contribution in [-0.2, 0) is 18.5 Å². The van der Waals surface area contributed by atoms with Gasteiger partial charge in [-0.15, -0.1) is 0 Å². The summed E-state index contributed by atoms with van der Waals surface area (Å²) in [5.41, 5.74) is 6.37. The van der Waals surface area contributed by atoms with E-state index in [1.165, 1.54) is 5.69 Å². The summed E-state index contributed by atoms with van der Waals surface area (Å²) in [6.45, 7) is 9.35. The van der Waals surface area contributed by atoms with Gasteiger partial charge in [0.25, 0.3) is 0 Å². The Balaban J connectivity index is 1.19. The lowest BCUT2D eigenvalue weighted by atomic mass is 9.82. The molecule has 2 atom stereocenters. The SMILES string of the molecule is CCn1ncc(C(C)NC(=O)N2CCC3(CCn4nc(-c5cnc6ccccc6c5)cc43)C2)c1C. The Labute approximate surface area is 205 Å². The van der Waals surface area contributed by atoms with Crippen LogP contribution in [0.1, 0.15) is 49.7 Å². The Morgan fingerprint density at radius 1 is 1.17 bits per heavy atom. The summed E-state index contributed by atoms with van der Waals surface area (Å²) in [7, 11) is 0. The van der Waals surface area contributed by atoms with Gasteiger partial charge >= 0.3 is 6.03 Å². The number of hydrogen-bond acceptors (Lipinski definition) is 4. The second-order valence-electron chi connectivity index (χ2n) is 9.93. The lowest BCUT2D eigenvalue weighted by Gasteiger charge is -2.25. The van der Waals surface area contributed by atoms with Crippen LogP contribution in [0.25, 0.3) is 22.2 Å². The molecule has 6 rings (SSSR count). The van der Waals surface area contributed by atoms with Crippen molar-refractivity contribution in [1.29, 1.82) is 0 Å². The number of para-hydroxylation sites is 1. The van der Waals surface area contributed by atoms with Crippen LogP contribution in [0, 0.1) is 6.92 Å². The maximum Gasteiger partial charge on any atom is 0.317 e. The zero-order valence-corrected chi connectivity index (χ0v) is 20.5. The van der Waals surface area contributed by atoms with Gasteiger partial charge in [-0.25, -0.2) is 4.79 Å². The van der Waals surface area contributed by atoms with Crippen LogP contribution in [0.2, 0.25) is 0 Å². The van der Waals surface area contributed by atoms with Crippen molar-refractivity contribution in [2.24, 2.45) is 0 Å². The van der Waals surface area contributed by atoms with E-state index in [1.54, 1.807) is 0 Å². The normalized spacial score (nSPS) is 20.0. The number of rotatable bonds is 4. The summed E-state index contributed by atoms with van der Waals surface area (Å²) in [6, 6.07) is 12.4. The van der Waals surface area contributed by atoms with E-state index < -0.39 is 0 Å². The van der Waals surface area contributed by atoms with Gasteiger partial charge in [0.2, 0.25) is 0 Å². The highest BCUT2D eigenvalue weighted by Crippen LogP contribution is 2.44. The van der Waals surface area contributed by atoms with Crippen molar-refractivity contribution in [1.82, 2.24) is 34.8 Å². The quantitative estimate of drug-likeness (QED) is 0.479. The molecule has 2 aliphatic heterocycles. The van der Waals surface area contributed by atoms with Gasteiger partial charge in [0.05, 0.1) is 23.4 Å². The molecule has 1 saturated heterocycles. The average molecular weight is 470 g/mol. The number of nitrogens with one attached hydrogen (secondary N) is 1. The molecule has 0 radical (unpaired) electrons. The first-order valence-electron chi connectivity index (χ1n) is 12.5. The fourth-order valence-electron chi connectivity index (χ4n) is 5.83. The van der Waals surface area contributed by atoms with Gasteiger partial charge in [-0.3, -0.25) is 14.3 Å². The summed E-state index contributed by atoms with van der Waals surface area (Å²) >= 11 is 0. The molecule has 1 aromatic carbocycles. The molecule has 5 heterocycles. The minimum absolute atomic E-state index is 0.00468. The molecule has 8 heteroatoms. The molecule has 1 N–H and O–H groups in total. The van der Waals surface area contributed by atoms with Gasteiger partial charge in [-0.05, 0) is 51.8 Å². The van der Waals surface area contributed by atoms with E-state index in [1.807, 2.05) is 47.1 Å². The van der Waals surface area contributed by atoms with Crippen LogP contribution >= 0.6 is 0 Å². The smallest absolute Gasteiger partial charge is 0.317 e. The van der Waals surface area contributed by atoms with Crippen molar-refractivity contribution >= 4 is 16.9 Å². The van der Waals surface area contributed by atoms with Gasteiger partial charge in [-0.2, -0.15) is 10.2 Å². The van der Waals surface area contributed by atoms with Crippen LogP contribution in [0.15, 0.2) is 48.8 Å². The van der Waals surface area contributed by atoms with Gasteiger partial charge in [-0.1, -0.05) is 18.2 Å². The second-order valence-corrected chi connectivity index (χ2v) is 9.93. The molecule has 0 saturated carbocycles. The van der Waals surface area contributed by atoms with E-state index in [0.717, 1.165) is 72.4 Å². The van der Waals surface area contributed by atoms with Crippen molar-refractivity contribution in [3.05, 3.63) is 65.7 Å². The first kappa shape index (κ1) is 21.8. The average Bonchev–Trinajstić information content (AvgIpc) is 3.64. The van der Waals surface area contributed by atoms with Crippen LogP contribution in [0.3, 0.4) is 0 Å². The number of aromatic nitrogens is 5. The van der Waals surface area contributed by atoms with Crippen molar-refractivity contribution in [3.63, 3.8) is 0 Å². The Hall–Kier alpha value is -3.68. The van der Waals surface area contributed by atoms with E-state index in [0.29, 0.717) is 0 Å². The molecule has 3 aromatic heterocycles. The predicted octanol–water partition coefficient (Wildman–Crippen LogP) is 4.44. The first-order chi connectivity index (χ1) is 17.0. The lowest BCUT2D eigenvalue weighted by molar-refractivity contribution is 0.202. The number of hydrogen-bond donors (Lipinski definition) is 1. The third-order valence-corrected chi connectivity index (χ3v) is 7.90. The minimum atomic E-state index is -0.0829. The number of benzene rings is 1. The van der Waals surface area contributed by atoms with E-state index in [9.17, 15) is 4.79 Å². The third kappa shape index (κ3) is 3.59. The first-order valence-corrected chi connectivity index (χ1v) is 12.5. The number of pyridine rings is 1. The van der Waals surface area contributed by atoms with Gasteiger partial charge < -0.3 is 10.2 Å². The highest BCUT2D eigenvalue weighted by atomic mass is 16.2. The summed E-state index contributed by atoms with van der Waals surface area (Å²) < 4.78 is 4.10. The maximum atomic E-state index is 13.2. The number of aryl methyl sites for hydroxylation is 2.